The van der Waals surface area contributed by atoms with Crippen LogP contribution in [-0.2, 0) is 16.1 Å². The number of hydrogen-bond acceptors (Lipinski definition) is 5. The zero-order chi connectivity index (χ0) is 21.2. The van der Waals surface area contributed by atoms with Crippen molar-refractivity contribution in [2.24, 2.45) is 0 Å². The van der Waals surface area contributed by atoms with Crippen LogP contribution in [0.4, 0.5) is 0 Å². The number of allylic oxidation sites excluding steroid dienone is 1. The molecule has 1 heterocycles. The Kier molecular flexibility index (Phi) is 7.58. The molecule has 2 N–H and O–H groups in total. The molecule has 0 fully saturated rings. The summed E-state index contributed by atoms with van der Waals surface area (Å²) in [6.07, 6.45) is 5.51. The summed E-state index contributed by atoms with van der Waals surface area (Å²) in [5.41, 5.74) is 7.69. The fraction of sp³-hybridized carbons (Fsp3) is 0.167. The van der Waals surface area contributed by atoms with Crippen LogP contribution >= 0.6 is 0 Å². The average Bonchev–Trinajstić information content (AvgIpc) is 2.77. The number of hydrogen-bond donors (Lipinski definition) is 2. The van der Waals surface area contributed by atoms with E-state index >= 15 is 0 Å². The number of pyridine rings is 1. The molecule has 6 heteroatoms. The zero-order valence-electron chi connectivity index (χ0n) is 16.7. The minimum absolute atomic E-state index is 0.0283. The number of nitrogens with zero attached hydrogens (tertiary/aromatic N) is 1. The van der Waals surface area contributed by atoms with Crippen LogP contribution in [0.15, 0.2) is 79.1 Å². The van der Waals surface area contributed by atoms with Crippen LogP contribution in [0.1, 0.15) is 18.1 Å². The van der Waals surface area contributed by atoms with E-state index in [2.05, 4.69) is 10.5 Å². The monoisotopic (exact) mass is 404 g/mol. The van der Waals surface area contributed by atoms with Crippen molar-refractivity contribution in [1.82, 2.24) is 10.5 Å². The van der Waals surface area contributed by atoms with Gasteiger partial charge in [-0.2, -0.15) is 0 Å². The number of ether oxygens (including phenoxy) is 1. The van der Waals surface area contributed by atoms with Gasteiger partial charge < -0.3 is 9.84 Å². The van der Waals surface area contributed by atoms with Crippen molar-refractivity contribution >= 4 is 11.7 Å². The number of aromatic nitrogens is 1. The molecule has 0 saturated carbocycles. The Morgan fingerprint density at radius 1 is 1.07 bits per heavy atom. The van der Waals surface area contributed by atoms with Crippen LogP contribution < -0.4 is 10.2 Å². The molecule has 0 amide bonds. The Balaban J connectivity index is 1.46. The van der Waals surface area contributed by atoms with Gasteiger partial charge in [0, 0.05) is 12.4 Å². The van der Waals surface area contributed by atoms with Crippen LogP contribution in [-0.4, -0.2) is 29.3 Å². The van der Waals surface area contributed by atoms with E-state index in [1.807, 2.05) is 55.6 Å². The summed E-state index contributed by atoms with van der Waals surface area (Å²) in [6.45, 7) is 2.60. The number of benzene rings is 2. The summed E-state index contributed by atoms with van der Waals surface area (Å²) in [4.78, 5) is 20.5. The van der Waals surface area contributed by atoms with E-state index in [0.717, 1.165) is 22.4 Å². The van der Waals surface area contributed by atoms with Crippen LogP contribution in [0, 0.1) is 0 Å². The van der Waals surface area contributed by atoms with Gasteiger partial charge in [-0.3, -0.25) is 20.1 Å². The van der Waals surface area contributed by atoms with Crippen LogP contribution in [0.2, 0.25) is 0 Å². The van der Waals surface area contributed by atoms with Crippen molar-refractivity contribution < 1.29 is 19.5 Å². The van der Waals surface area contributed by atoms with Crippen LogP contribution in [0.5, 0.6) is 5.75 Å². The molecule has 0 unspecified atom stereocenters. The SMILES string of the molecule is CC=C(NOCCOc1cccc(CC(=O)O)c1)c1ccc(-c2cccnc2)cc1. The van der Waals surface area contributed by atoms with E-state index in [4.69, 9.17) is 14.7 Å². The van der Waals surface area contributed by atoms with Gasteiger partial charge in [0.05, 0.1) is 12.1 Å². The molecule has 30 heavy (non-hydrogen) atoms. The van der Waals surface area contributed by atoms with Crippen molar-refractivity contribution in [1.29, 1.82) is 0 Å². The van der Waals surface area contributed by atoms with Crippen molar-refractivity contribution in [3.8, 4) is 16.9 Å². The molecular weight excluding hydrogens is 380 g/mol. The number of hydroxylamine groups is 1. The fourth-order valence-electron chi connectivity index (χ4n) is 2.91. The maximum Gasteiger partial charge on any atom is 0.307 e. The molecule has 0 spiro atoms. The highest BCUT2D eigenvalue weighted by Gasteiger charge is 2.04. The first-order chi connectivity index (χ1) is 14.7. The lowest BCUT2D eigenvalue weighted by atomic mass is 10.0. The Hall–Kier alpha value is -3.64. The molecule has 0 aliphatic heterocycles. The Labute approximate surface area is 175 Å². The smallest absolute Gasteiger partial charge is 0.307 e. The van der Waals surface area contributed by atoms with Gasteiger partial charge in [-0.05, 0) is 47.4 Å². The summed E-state index contributed by atoms with van der Waals surface area (Å²) in [5.74, 6) is -0.248. The molecule has 0 radical (unpaired) electrons. The van der Waals surface area contributed by atoms with Gasteiger partial charge in [0.25, 0.3) is 0 Å². The second-order valence-corrected chi connectivity index (χ2v) is 6.54. The standard InChI is InChI=1S/C24H24N2O4/c1-2-23(20-10-8-19(9-11-20)21-6-4-12-25-17-21)26-30-14-13-29-22-7-3-5-18(15-22)16-24(27)28/h2-12,15,17,26H,13-14,16H2,1H3,(H,27,28). The third-order valence-electron chi connectivity index (χ3n) is 4.37. The highest BCUT2D eigenvalue weighted by Crippen LogP contribution is 2.21. The maximum absolute atomic E-state index is 10.8. The molecule has 1 aromatic heterocycles. The van der Waals surface area contributed by atoms with Crippen molar-refractivity contribution in [2.45, 2.75) is 13.3 Å². The summed E-state index contributed by atoms with van der Waals surface area (Å²) < 4.78 is 5.63. The lowest BCUT2D eigenvalue weighted by Crippen LogP contribution is -2.17. The van der Waals surface area contributed by atoms with Crippen molar-refractivity contribution in [3.05, 3.63) is 90.3 Å². The number of rotatable bonds is 10. The van der Waals surface area contributed by atoms with E-state index in [0.29, 0.717) is 24.5 Å². The van der Waals surface area contributed by atoms with Gasteiger partial charge in [-0.1, -0.05) is 48.5 Å². The molecular formula is C24H24N2O4. The third-order valence-corrected chi connectivity index (χ3v) is 4.37. The normalized spacial score (nSPS) is 11.2. The van der Waals surface area contributed by atoms with Gasteiger partial charge >= 0.3 is 5.97 Å². The van der Waals surface area contributed by atoms with Crippen molar-refractivity contribution in [3.63, 3.8) is 0 Å². The number of aliphatic carboxylic acids is 1. The molecule has 3 aromatic rings. The molecule has 0 saturated heterocycles. The number of carbonyl (C=O) groups is 1. The first-order valence-corrected chi connectivity index (χ1v) is 9.64. The van der Waals surface area contributed by atoms with Gasteiger partial charge in [0.15, 0.2) is 0 Å². The van der Waals surface area contributed by atoms with Crippen molar-refractivity contribution in [2.75, 3.05) is 13.2 Å². The van der Waals surface area contributed by atoms with Gasteiger partial charge in [0.1, 0.15) is 19.0 Å². The average molecular weight is 404 g/mol. The molecule has 6 nitrogen and oxygen atoms in total. The molecule has 0 bridgehead atoms. The van der Waals surface area contributed by atoms with E-state index in [1.54, 1.807) is 30.5 Å². The largest absolute Gasteiger partial charge is 0.491 e. The number of carboxylic acids is 1. The lowest BCUT2D eigenvalue weighted by Gasteiger charge is -2.12. The van der Waals surface area contributed by atoms with Crippen LogP contribution in [0.3, 0.4) is 0 Å². The summed E-state index contributed by atoms with van der Waals surface area (Å²) in [7, 11) is 0. The first-order valence-electron chi connectivity index (χ1n) is 9.64. The number of carboxylic acid groups (broad SMARTS) is 1. The maximum atomic E-state index is 10.8. The predicted octanol–water partition coefficient (Wildman–Crippen LogP) is 4.34. The van der Waals surface area contributed by atoms with Crippen LogP contribution in [0.25, 0.3) is 16.8 Å². The summed E-state index contributed by atoms with van der Waals surface area (Å²) in [6, 6.07) is 19.1. The number of nitrogens with one attached hydrogen (secondary N) is 1. The highest BCUT2D eigenvalue weighted by molar-refractivity contribution is 5.70. The minimum Gasteiger partial charge on any atom is -0.491 e. The molecule has 2 aromatic carbocycles. The topological polar surface area (TPSA) is 80.7 Å². The zero-order valence-corrected chi connectivity index (χ0v) is 16.7. The van der Waals surface area contributed by atoms with E-state index in [-0.39, 0.29) is 6.42 Å². The first kappa shape index (κ1) is 21.1. The Morgan fingerprint density at radius 3 is 2.60 bits per heavy atom. The summed E-state index contributed by atoms with van der Waals surface area (Å²) >= 11 is 0. The van der Waals surface area contributed by atoms with E-state index in [9.17, 15) is 4.79 Å². The quantitative estimate of drug-likeness (QED) is 0.387. The minimum atomic E-state index is -0.868. The Bertz CT molecular complexity index is 986. The predicted molar refractivity (Wildman–Crippen MR) is 116 cm³/mol. The van der Waals surface area contributed by atoms with Gasteiger partial charge in [0.2, 0.25) is 0 Å². The van der Waals surface area contributed by atoms with Gasteiger partial charge in [-0.25, -0.2) is 0 Å². The van der Waals surface area contributed by atoms with E-state index < -0.39 is 5.97 Å². The molecule has 0 atom stereocenters. The summed E-state index contributed by atoms with van der Waals surface area (Å²) in [5, 5.41) is 8.87. The lowest BCUT2D eigenvalue weighted by molar-refractivity contribution is -0.136. The molecule has 154 valence electrons. The fourth-order valence-corrected chi connectivity index (χ4v) is 2.91. The van der Waals surface area contributed by atoms with Gasteiger partial charge in [-0.15, -0.1) is 0 Å². The third kappa shape index (κ3) is 6.18. The molecule has 3 rings (SSSR count). The molecule has 0 aliphatic rings. The second kappa shape index (κ2) is 10.8. The van der Waals surface area contributed by atoms with E-state index in [1.165, 1.54) is 0 Å². The molecule has 0 aliphatic carbocycles. The Morgan fingerprint density at radius 2 is 1.90 bits per heavy atom. The highest BCUT2D eigenvalue weighted by atomic mass is 16.7. The second-order valence-electron chi connectivity index (χ2n) is 6.54.